The molecule has 0 aliphatic carbocycles. The van der Waals surface area contributed by atoms with Crippen molar-refractivity contribution < 1.29 is 46.1 Å². The van der Waals surface area contributed by atoms with Crippen molar-refractivity contribution in [2.24, 2.45) is 0 Å². The minimum Gasteiger partial charge on any atom is -0.475 e. The van der Waals surface area contributed by atoms with Crippen LogP contribution in [0.25, 0.3) is 16.8 Å². The zero-order valence-electron chi connectivity index (χ0n) is 22.6. The van der Waals surface area contributed by atoms with E-state index in [9.17, 15) is 26.3 Å². The van der Waals surface area contributed by atoms with Gasteiger partial charge in [0.15, 0.2) is 11.5 Å². The minimum atomic E-state index is -5.08. The van der Waals surface area contributed by atoms with Crippen molar-refractivity contribution >= 4 is 17.6 Å². The number of likely N-dealkylation sites (tertiary alicyclic amines) is 1. The van der Waals surface area contributed by atoms with E-state index in [1.807, 2.05) is 46.0 Å². The zero-order chi connectivity index (χ0) is 31.8. The molecule has 1 fully saturated rings. The number of halogens is 6. The highest BCUT2D eigenvalue weighted by Crippen LogP contribution is 2.27. The monoisotopic (exact) mass is 615 g/mol. The topological polar surface area (TPSA) is 139 Å². The summed E-state index contributed by atoms with van der Waals surface area (Å²) in [4.78, 5) is 29.2. The quantitative estimate of drug-likeness (QED) is 0.307. The smallest absolute Gasteiger partial charge is 0.475 e. The largest absolute Gasteiger partial charge is 0.490 e. The third kappa shape index (κ3) is 9.76. The summed E-state index contributed by atoms with van der Waals surface area (Å²) >= 11 is 0. The molecule has 0 spiro atoms. The number of fused-ring (bicyclic) bond motifs is 1. The van der Waals surface area contributed by atoms with Gasteiger partial charge in [0.2, 0.25) is 0 Å². The molecule has 4 aromatic rings. The molecule has 1 aliphatic rings. The highest BCUT2D eigenvalue weighted by Gasteiger charge is 2.38. The van der Waals surface area contributed by atoms with Gasteiger partial charge < -0.3 is 10.2 Å². The number of aliphatic carboxylic acids is 2. The van der Waals surface area contributed by atoms with Crippen LogP contribution in [-0.4, -0.2) is 81.9 Å². The second kappa shape index (κ2) is 14.1. The van der Waals surface area contributed by atoms with E-state index in [0.29, 0.717) is 5.92 Å². The van der Waals surface area contributed by atoms with Crippen molar-refractivity contribution in [2.75, 3.05) is 13.1 Å². The van der Waals surface area contributed by atoms with Crippen molar-refractivity contribution in [3.63, 3.8) is 0 Å². The first-order valence-electron chi connectivity index (χ1n) is 12.8. The van der Waals surface area contributed by atoms with Crippen molar-refractivity contribution in [1.82, 2.24) is 34.3 Å². The summed E-state index contributed by atoms with van der Waals surface area (Å²) in [5.41, 5.74) is 4.43. The molecule has 5 heterocycles. The van der Waals surface area contributed by atoms with Gasteiger partial charge in [0.1, 0.15) is 0 Å². The molecule has 5 rings (SSSR count). The van der Waals surface area contributed by atoms with Crippen LogP contribution in [0.3, 0.4) is 0 Å². The molecule has 11 nitrogen and oxygen atoms in total. The summed E-state index contributed by atoms with van der Waals surface area (Å²) in [6, 6.07) is 8.17. The highest BCUT2D eigenvalue weighted by atomic mass is 19.4. The van der Waals surface area contributed by atoms with Gasteiger partial charge in [-0.15, -0.1) is 0 Å². The number of carboxylic acids is 2. The number of nitrogens with zero attached hydrogens (tertiary/aromatic N) is 7. The number of alkyl halides is 6. The molecule has 4 aromatic heterocycles. The van der Waals surface area contributed by atoms with Crippen LogP contribution in [0.1, 0.15) is 37.1 Å². The molecule has 0 bridgehead atoms. The van der Waals surface area contributed by atoms with Crippen LogP contribution in [0.15, 0.2) is 55.2 Å². The molecule has 2 N–H and O–H groups in total. The Morgan fingerprint density at radius 2 is 1.58 bits per heavy atom. The lowest BCUT2D eigenvalue weighted by atomic mass is 9.97. The Balaban J connectivity index is 0.000000303. The second-order valence-corrected chi connectivity index (χ2v) is 9.31. The average Bonchev–Trinajstić information content (AvgIpc) is 3.60. The molecule has 1 atom stereocenters. The van der Waals surface area contributed by atoms with E-state index < -0.39 is 24.3 Å². The first kappa shape index (κ1) is 33.0. The van der Waals surface area contributed by atoms with E-state index in [0.717, 1.165) is 55.2 Å². The predicted octanol–water partition coefficient (Wildman–Crippen LogP) is 4.65. The van der Waals surface area contributed by atoms with E-state index in [1.54, 1.807) is 0 Å². The first-order valence-corrected chi connectivity index (χ1v) is 12.8. The number of hydrogen-bond donors (Lipinski definition) is 2. The maximum Gasteiger partial charge on any atom is 0.490 e. The maximum absolute atomic E-state index is 10.6. The number of aryl methyl sites for hydroxylation is 1. The molecule has 17 heteroatoms. The van der Waals surface area contributed by atoms with E-state index in [2.05, 4.69) is 40.4 Å². The first-order chi connectivity index (χ1) is 20.2. The van der Waals surface area contributed by atoms with Crippen LogP contribution >= 0.6 is 0 Å². The Hall–Kier alpha value is -4.54. The number of carbonyl (C=O) groups is 2. The Bertz CT molecular complexity index is 1480. The molecule has 0 aromatic carbocycles. The average molecular weight is 616 g/mol. The molecule has 43 heavy (non-hydrogen) atoms. The van der Waals surface area contributed by atoms with Crippen molar-refractivity contribution in [2.45, 2.75) is 51.1 Å². The fraction of sp³-hybridized carbons (Fsp3) is 0.385. The minimum absolute atomic E-state index is 0.370. The number of carboxylic acid groups (broad SMARTS) is 2. The second-order valence-electron chi connectivity index (χ2n) is 9.31. The molecule has 0 radical (unpaired) electrons. The fourth-order valence-corrected chi connectivity index (χ4v) is 4.12. The van der Waals surface area contributed by atoms with Crippen molar-refractivity contribution in [3.05, 3.63) is 66.6 Å². The molecule has 0 saturated carbocycles. The normalized spacial score (nSPS) is 15.7. The maximum atomic E-state index is 10.6. The van der Waals surface area contributed by atoms with Gasteiger partial charge in [-0.2, -0.15) is 36.5 Å². The summed E-state index contributed by atoms with van der Waals surface area (Å²) in [6.45, 7) is 6.08. The molecule has 1 aliphatic heterocycles. The van der Waals surface area contributed by atoms with Crippen molar-refractivity contribution in [3.8, 4) is 11.1 Å². The molecular formula is C26H27F6N7O4. The van der Waals surface area contributed by atoms with Crippen LogP contribution < -0.4 is 0 Å². The molecule has 1 unspecified atom stereocenters. The van der Waals surface area contributed by atoms with E-state index in [4.69, 9.17) is 29.9 Å². The molecule has 1 saturated heterocycles. The van der Waals surface area contributed by atoms with E-state index in [-0.39, 0.29) is 0 Å². The molecular weight excluding hydrogens is 588 g/mol. The highest BCUT2D eigenvalue weighted by molar-refractivity contribution is 5.73. The van der Waals surface area contributed by atoms with Gasteiger partial charge in [0.05, 0.1) is 6.20 Å². The number of pyridine rings is 2. The van der Waals surface area contributed by atoms with Gasteiger partial charge in [0, 0.05) is 61.5 Å². The Morgan fingerprint density at radius 3 is 2.14 bits per heavy atom. The number of hydrogen-bond acceptors (Lipinski definition) is 7. The van der Waals surface area contributed by atoms with Crippen LogP contribution in [0.5, 0.6) is 0 Å². The SMILES string of the molecule is CCn1cc(CN2CCCC(c3nc4ccc(-c5ccncc5)cn4n3)C2)cn1.O=C(O)C(F)(F)F.O=C(O)C(F)(F)F. The van der Waals surface area contributed by atoms with E-state index >= 15 is 0 Å². The lowest BCUT2D eigenvalue weighted by molar-refractivity contribution is -0.193. The third-order valence-electron chi connectivity index (χ3n) is 6.13. The van der Waals surface area contributed by atoms with Crippen molar-refractivity contribution in [1.29, 1.82) is 0 Å². The van der Waals surface area contributed by atoms with Crippen LogP contribution in [0.4, 0.5) is 26.3 Å². The Labute approximate surface area is 240 Å². The summed E-state index contributed by atoms with van der Waals surface area (Å²) in [6.07, 6.45) is 1.95. The van der Waals surface area contributed by atoms with Gasteiger partial charge in [0.25, 0.3) is 0 Å². The summed E-state index contributed by atoms with van der Waals surface area (Å²) in [7, 11) is 0. The lowest BCUT2D eigenvalue weighted by Gasteiger charge is -2.30. The Kier molecular flexibility index (Phi) is 10.8. The standard InChI is InChI=1S/C22H25N7.2C2HF3O2/c1-2-28-14-17(12-24-28)13-27-11-3-4-20(15-27)22-25-21-6-5-19(16-29(21)26-22)18-7-9-23-10-8-18;2*3-2(4,5)1(6)7/h5-10,12,14,16,20H,2-4,11,13,15H2,1H3;2*(H,6,7). The Morgan fingerprint density at radius 1 is 0.953 bits per heavy atom. The molecule has 0 amide bonds. The van der Waals surface area contributed by atoms with Crippen LogP contribution in [-0.2, 0) is 22.7 Å². The van der Waals surface area contributed by atoms with Gasteiger partial charge in [-0.1, -0.05) is 0 Å². The summed E-state index contributed by atoms with van der Waals surface area (Å²) in [5.74, 6) is -4.19. The summed E-state index contributed by atoms with van der Waals surface area (Å²) in [5, 5.41) is 23.5. The van der Waals surface area contributed by atoms with Gasteiger partial charge in [-0.25, -0.2) is 19.1 Å². The number of aromatic nitrogens is 6. The van der Waals surface area contributed by atoms with Gasteiger partial charge in [-0.05, 0) is 56.1 Å². The van der Waals surface area contributed by atoms with Gasteiger partial charge in [-0.3, -0.25) is 14.6 Å². The number of piperidine rings is 1. The zero-order valence-corrected chi connectivity index (χ0v) is 22.6. The van der Waals surface area contributed by atoms with Crippen LogP contribution in [0, 0.1) is 0 Å². The van der Waals surface area contributed by atoms with E-state index in [1.165, 1.54) is 12.0 Å². The molecule has 232 valence electrons. The third-order valence-corrected chi connectivity index (χ3v) is 6.13. The summed E-state index contributed by atoms with van der Waals surface area (Å²) < 4.78 is 67.4. The van der Waals surface area contributed by atoms with Crippen LogP contribution in [0.2, 0.25) is 0 Å². The number of rotatable bonds is 5. The predicted molar refractivity (Wildman–Crippen MR) is 139 cm³/mol. The fourth-order valence-electron chi connectivity index (χ4n) is 4.12. The van der Waals surface area contributed by atoms with Gasteiger partial charge >= 0.3 is 24.3 Å². The lowest BCUT2D eigenvalue weighted by Crippen LogP contribution is -2.34.